The molecule has 1 nitrogen and oxygen atoms in total. The number of nitrogens with zero attached hydrogens (tertiary/aromatic N) is 1. The lowest BCUT2D eigenvalue weighted by atomic mass is 10.2. The number of unbranched alkanes of at least 4 members (excludes halogenated alkanes) is 3. The van der Waals surface area contributed by atoms with Crippen LogP contribution in [0.1, 0.15) is 52.9 Å². The molecule has 1 heteroatoms. The Morgan fingerprint density at radius 1 is 1.12 bits per heavy atom. The summed E-state index contributed by atoms with van der Waals surface area (Å²) in [6.07, 6.45) is 10.1. The fraction of sp³-hybridized carbons (Fsp3) is 0.750. The highest BCUT2D eigenvalue weighted by atomic mass is 15.1. The van der Waals surface area contributed by atoms with Crippen LogP contribution in [0.2, 0.25) is 0 Å². The summed E-state index contributed by atoms with van der Waals surface area (Å²) in [6, 6.07) is 0. The van der Waals surface area contributed by atoms with Crippen LogP contribution >= 0.6 is 0 Å². The average molecular weight is 239 g/mol. The minimum Gasteiger partial charge on any atom is -0.306 e. The number of allylic oxidation sites excluding steroid dienone is 2. The number of rotatable bonds is 5. The number of hydrogen-bond acceptors (Lipinski definition) is 1. The van der Waals surface area contributed by atoms with E-state index < -0.39 is 0 Å². The average Bonchev–Trinajstić information content (AvgIpc) is 2.72. The van der Waals surface area contributed by atoms with E-state index in [-0.39, 0.29) is 0 Å². The predicted octanol–water partition coefficient (Wildman–Crippen LogP) is 4.90. The van der Waals surface area contributed by atoms with Crippen molar-refractivity contribution in [1.29, 1.82) is 0 Å². The van der Waals surface area contributed by atoms with Crippen LogP contribution in [0.15, 0.2) is 25.3 Å². The SMILES string of the molecule is C=CCCCCC=C.CC.C[C@H]1CCN(C)C1. The summed E-state index contributed by atoms with van der Waals surface area (Å²) in [5.41, 5.74) is 0. The lowest BCUT2D eigenvalue weighted by molar-refractivity contribution is 0.402. The standard InChI is InChI=1S/C8H14.C6H13N.C2H6/c1-3-5-7-8-6-4-2;1-6-3-4-7(2)5-6;1-2/h3-4H,1-2,5-8H2;6H,3-5H2,1-2H3;1-2H3/t;6-;/m.0./s1. The minimum absolute atomic E-state index is 0.949. The third-order valence-electron chi connectivity index (χ3n) is 2.69. The molecule has 1 aliphatic rings. The second-order valence-electron chi connectivity index (χ2n) is 4.52. The molecule has 1 aliphatic heterocycles. The first-order chi connectivity index (χ1) is 8.20. The molecule has 102 valence electrons. The second kappa shape index (κ2) is 15.4. The van der Waals surface area contributed by atoms with Crippen LogP contribution in [0.4, 0.5) is 0 Å². The lowest BCUT2D eigenvalue weighted by Gasteiger charge is -2.03. The van der Waals surface area contributed by atoms with E-state index in [2.05, 4.69) is 32.0 Å². The fourth-order valence-corrected chi connectivity index (χ4v) is 1.73. The zero-order valence-electron chi connectivity index (χ0n) is 12.5. The molecule has 0 aromatic rings. The molecule has 1 fully saturated rings. The Balaban J connectivity index is 0. The molecule has 0 saturated carbocycles. The number of likely N-dealkylation sites (tertiary alicyclic amines) is 1. The van der Waals surface area contributed by atoms with Crippen LogP contribution in [-0.2, 0) is 0 Å². The zero-order chi connectivity index (χ0) is 13.5. The molecular weight excluding hydrogens is 206 g/mol. The third-order valence-corrected chi connectivity index (χ3v) is 2.69. The third kappa shape index (κ3) is 15.4. The molecular formula is C16H33N. The fourth-order valence-electron chi connectivity index (χ4n) is 1.73. The van der Waals surface area contributed by atoms with E-state index in [1.807, 2.05) is 26.0 Å². The Morgan fingerprint density at radius 2 is 1.59 bits per heavy atom. The summed E-state index contributed by atoms with van der Waals surface area (Å²) in [5.74, 6) is 0.949. The predicted molar refractivity (Wildman–Crippen MR) is 81.5 cm³/mol. The smallest absolute Gasteiger partial charge is 0.000445 e. The van der Waals surface area contributed by atoms with E-state index in [0.717, 1.165) is 18.8 Å². The molecule has 1 heterocycles. The Kier molecular flexibility index (Phi) is 17.1. The van der Waals surface area contributed by atoms with Crippen molar-refractivity contribution < 1.29 is 0 Å². The first-order valence-electron chi connectivity index (χ1n) is 7.11. The number of hydrogen-bond donors (Lipinski definition) is 0. The molecule has 0 N–H and O–H groups in total. The molecule has 0 aromatic heterocycles. The molecule has 17 heavy (non-hydrogen) atoms. The van der Waals surface area contributed by atoms with Gasteiger partial charge in [0.25, 0.3) is 0 Å². The van der Waals surface area contributed by atoms with Gasteiger partial charge in [-0.1, -0.05) is 32.9 Å². The Hall–Kier alpha value is -0.560. The van der Waals surface area contributed by atoms with E-state index in [0.29, 0.717) is 0 Å². The van der Waals surface area contributed by atoms with Gasteiger partial charge in [-0.15, -0.1) is 13.2 Å². The molecule has 1 saturated heterocycles. The van der Waals surface area contributed by atoms with E-state index in [1.54, 1.807) is 0 Å². The van der Waals surface area contributed by atoms with Gasteiger partial charge in [0.05, 0.1) is 0 Å². The molecule has 1 atom stereocenters. The van der Waals surface area contributed by atoms with Crippen LogP contribution in [0, 0.1) is 5.92 Å². The van der Waals surface area contributed by atoms with Gasteiger partial charge < -0.3 is 4.90 Å². The second-order valence-corrected chi connectivity index (χ2v) is 4.52. The monoisotopic (exact) mass is 239 g/mol. The minimum atomic E-state index is 0.949. The van der Waals surface area contributed by atoms with Gasteiger partial charge in [-0.05, 0) is 51.6 Å². The molecule has 0 amide bonds. The quantitative estimate of drug-likeness (QED) is 0.487. The summed E-state index contributed by atoms with van der Waals surface area (Å²) in [4.78, 5) is 2.38. The summed E-state index contributed by atoms with van der Waals surface area (Å²) in [5, 5.41) is 0. The highest BCUT2D eigenvalue weighted by molar-refractivity contribution is 4.69. The maximum absolute atomic E-state index is 3.63. The van der Waals surface area contributed by atoms with Crippen molar-refractivity contribution in [3.63, 3.8) is 0 Å². The molecule has 1 rings (SSSR count). The van der Waals surface area contributed by atoms with E-state index >= 15 is 0 Å². The lowest BCUT2D eigenvalue weighted by Crippen LogP contribution is -2.12. The van der Waals surface area contributed by atoms with Gasteiger partial charge in [0.15, 0.2) is 0 Å². The Labute approximate surface area is 110 Å². The Morgan fingerprint density at radius 3 is 1.76 bits per heavy atom. The summed E-state index contributed by atoms with van der Waals surface area (Å²) in [6.45, 7) is 16.2. The molecule has 0 bridgehead atoms. The highest BCUT2D eigenvalue weighted by Crippen LogP contribution is 2.11. The van der Waals surface area contributed by atoms with Gasteiger partial charge >= 0.3 is 0 Å². The largest absolute Gasteiger partial charge is 0.306 e. The first kappa shape index (κ1) is 18.8. The molecule has 0 aliphatic carbocycles. The van der Waals surface area contributed by atoms with E-state index in [9.17, 15) is 0 Å². The van der Waals surface area contributed by atoms with Gasteiger partial charge in [-0.3, -0.25) is 0 Å². The van der Waals surface area contributed by atoms with Crippen molar-refractivity contribution in [2.24, 2.45) is 5.92 Å². The van der Waals surface area contributed by atoms with Crippen LogP contribution in [0.3, 0.4) is 0 Å². The zero-order valence-corrected chi connectivity index (χ0v) is 12.5. The topological polar surface area (TPSA) is 3.24 Å². The first-order valence-corrected chi connectivity index (χ1v) is 7.11. The van der Waals surface area contributed by atoms with Crippen molar-refractivity contribution in [2.45, 2.75) is 52.9 Å². The summed E-state index contributed by atoms with van der Waals surface area (Å²) in [7, 11) is 2.18. The molecule has 0 unspecified atom stereocenters. The normalized spacial score (nSPS) is 18.5. The van der Waals surface area contributed by atoms with E-state index in [1.165, 1.54) is 32.4 Å². The van der Waals surface area contributed by atoms with Gasteiger partial charge in [-0.2, -0.15) is 0 Å². The van der Waals surface area contributed by atoms with Crippen molar-refractivity contribution >= 4 is 0 Å². The van der Waals surface area contributed by atoms with Gasteiger partial charge in [0.1, 0.15) is 0 Å². The van der Waals surface area contributed by atoms with Gasteiger partial charge in [0.2, 0.25) is 0 Å². The van der Waals surface area contributed by atoms with Crippen LogP contribution in [0.5, 0.6) is 0 Å². The van der Waals surface area contributed by atoms with Crippen LogP contribution in [-0.4, -0.2) is 25.0 Å². The van der Waals surface area contributed by atoms with E-state index in [4.69, 9.17) is 0 Å². The Bertz CT molecular complexity index is 145. The molecule has 0 aromatic carbocycles. The summed E-state index contributed by atoms with van der Waals surface area (Å²) >= 11 is 0. The maximum atomic E-state index is 3.63. The van der Waals surface area contributed by atoms with Crippen molar-refractivity contribution in [2.75, 3.05) is 20.1 Å². The molecule has 0 spiro atoms. The highest BCUT2D eigenvalue weighted by Gasteiger charge is 2.13. The van der Waals surface area contributed by atoms with Crippen LogP contribution < -0.4 is 0 Å². The summed E-state index contributed by atoms with van der Waals surface area (Å²) < 4.78 is 0. The molecule has 0 radical (unpaired) electrons. The van der Waals surface area contributed by atoms with Crippen molar-refractivity contribution in [3.05, 3.63) is 25.3 Å². The van der Waals surface area contributed by atoms with Gasteiger partial charge in [0, 0.05) is 6.54 Å². The van der Waals surface area contributed by atoms with Crippen LogP contribution in [0.25, 0.3) is 0 Å². The van der Waals surface area contributed by atoms with Gasteiger partial charge in [-0.25, -0.2) is 0 Å². The maximum Gasteiger partial charge on any atom is 0.000445 e. The van der Waals surface area contributed by atoms with Crippen molar-refractivity contribution in [1.82, 2.24) is 4.90 Å². The van der Waals surface area contributed by atoms with Crippen molar-refractivity contribution in [3.8, 4) is 0 Å².